The number of thioether (sulfide) groups is 1. The first kappa shape index (κ1) is 31.9. The number of hydrogen-bond acceptors (Lipinski definition) is 8. The standard InChI is InChI=1S/C30H34F3N5O5S/c1-18-24(16-44-29-36-35-17-37(29)2)42-27(43-25(18)21-9-7-20(15-39)8-10-21)22-11-5-19(6-12-22)14-34-26(40)23-4-3-13-38(23)28(41)30(31,32)33/h5-12,17-18,23-25,27,39H,3-4,13-16H2,1-2H3,(H,34,40). The number of rotatable bonds is 9. The zero-order valence-electron chi connectivity index (χ0n) is 24.2. The predicted molar refractivity (Wildman–Crippen MR) is 154 cm³/mol. The van der Waals surface area contributed by atoms with Crippen LogP contribution < -0.4 is 5.32 Å². The van der Waals surface area contributed by atoms with Gasteiger partial charge >= 0.3 is 12.1 Å². The van der Waals surface area contributed by atoms with Crippen LogP contribution in [0.15, 0.2) is 60.0 Å². The van der Waals surface area contributed by atoms with Gasteiger partial charge in [-0.15, -0.1) is 10.2 Å². The van der Waals surface area contributed by atoms with Crippen molar-refractivity contribution in [1.29, 1.82) is 0 Å². The molecule has 236 valence electrons. The number of hydrogen-bond donors (Lipinski definition) is 2. The van der Waals surface area contributed by atoms with E-state index in [-0.39, 0.29) is 44.2 Å². The average Bonchev–Trinajstić information content (AvgIpc) is 3.68. The average molecular weight is 634 g/mol. The Hall–Kier alpha value is -3.46. The molecule has 5 unspecified atom stereocenters. The molecule has 0 aliphatic carbocycles. The molecule has 0 spiro atoms. The van der Waals surface area contributed by atoms with Gasteiger partial charge < -0.3 is 29.4 Å². The summed E-state index contributed by atoms with van der Waals surface area (Å²) in [6, 6.07) is 13.7. The number of aliphatic hydroxyl groups excluding tert-OH is 1. The maximum absolute atomic E-state index is 12.9. The molecule has 14 heteroatoms. The Bertz CT molecular complexity index is 1440. The Labute approximate surface area is 256 Å². The van der Waals surface area contributed by atoms with E-state index in [0.29, 0.717) is 17.1 Å². The van der Waals surface area contributed by atoms with Gasteiger partial charge in [0, 0.05) is 37.4 Å². The van der Waals surface area contributed by atoms with E-state index in [1.165, 1.54) is 11.8 Å². The van der Waals surface area contributed by atoms with E-state index in [9.17, 15) is 27.9 Å². The summed E-state index contributed by atoms with van der Waals surface area (Å²) in [5, 5.41) is 21.0. The monoisotopic (exact) mass is 633 g/mol. The summed E-state index contributed by atoms with van der Waals surface area (Å²) in [6.07, 6.45) is -4.05. The Morgan fingerprint density at radius 3 is 2.39 bits per heavy atom. The number of nitrogens with zero attached hydrogens (tertiary/aromatic N) is 4. The van der Waals surface area contributed by atoms with Gasteiger partial charge in [0.1, 0.15) is 12.4 Å². The fourth-order valence-electron chi connectivity index (χ4n) is 5.41. The molecule has 3 aromatic rings. The largest absolute Gasteiger partial charge is 0.471 e. The summed E-state index contributed by atoms with van der Waals surface area (Å²) in [6.45, 7) is 2.00. The fourth-order valence-corrected chi connectivity index (χ4v) is 6.47. The van der Waals surface area contributed by atoms with Crippen LogP contribution in [-0.2, 0) is 39.3 Å². The number of aryl methyl sites for hydroxylation is 1. The molecule has 5 atom stereocenters. The summed E-state index contributed by atoms with van der Waals surface area (Å²) in [4.78, 5) is 25.0. The Kier molecular flexibility index (Phi) is 9.93. The molecule has 0 saturated carbocycles. The van der Waals surface area contributed by atoms with Crippen LogP contribution in [0, 0.1) is 5.92 Å². The van der Waals surface area contributed by atoms with E-state index in [0.717, 1.165) is 27.4 Å². The molecule has 2 aromatic carbocycles. The maximum Gasteiger partial charge on any atom is 0.471 e. The number of halogens is 3. The summed E-state index contributed by atoms with van der Waals surface area (Å²) in [7, 11) is 1.88. The summed E-state index contributed by atoms with van der Waals surface area (Å²) < 4.78 is 53.6. The first-order valence-corrected chi connectivity index (χ1v) is 15.3. The minimum Gasteiger partial charge on any atom is -0.392 e. The van der Waals surface area contributed by atoms with E-state index in [1.54, 1.807) is 18.5 Å². The number of nitrogens with one attached hydrogen (secondary N) is 1. The lowest BCUT2D eigenvalue weighted by Gasteiger charge is -2.41. The minimum atomic E-state index is -5.02. The van der Waals surface area contributed by atoms with Crippen LogP contribution in [0.3, 0.4) is 0 Å². The number of alkyl halides is 3. The van der Waals surface area contributed by atoms with Crippen molar-refractivity contribution in [3.63, 3.8) is 0 Å². The van der Waals surface area contributed by atoms with Crippen molar-refractivity contribution in [3.05, 3.63) is 77.1 Å². The predicted octanol–water partition coefficient (Wildman–Crippen LogP) is 4.06. The molecule has 5 rings (SSSR count). The van der Waals surface area contributed by atoms with Gasteiger partial charge in [-0.2, -0.15) is 13.2 Å². The maximum atomic E-state index is 12.9. The number of ether oxygens (including phenoxy) is 2. The van der Waals surface area contributed by atoms with E-state index in [1.807, 2.05) is 48.0 Å². The number of benzene rings is 2. The first-order valence-electron chi connectivity index (χ1n) is 14.3. The Morgan fingerprint density at radius 2 is 1.75 bits per heavy atom. The highest BCUT2D eigenvalue weighted by atomic mass is 32.2. The lowest BCUT2D eigenvalue weighted by molar-refractivity contribution is -0.268. The van der Waals surface area contributed by atoms with Crippen LogP contribution in [0.4, 0.5) is 13.2 Å². The Balaban J connectivity index is 1.26. The van der Waals surface area contributed by atoms with E-state index in [2.05, 4.69) is 22.4 Å². The molecule has 44 heavy (non-hydrogen) atoms. The van der Waals surface area contributed by atoms with Crippen molar-refractivity contribution in [2.24, 2.45) is 13.0 Å². The minimum absolute atomic E-state index is 0.0131. The highest BCUT2D eigenvalue weighted by Crippen LogP contribution is 2.43. The topological polar surface area (TPSA) is 119 Å². The van der Waals surface area contributed by atoms with Crippen LogP contribution in [-0.4, -0.2) is 67.2 Å². The summed E-state index contributed by atoms with van der Waals surface area (Å²) >= 11 is 1.54. The number of aliphatic hydroxyl groups is 1. The second kappa shape index (κ2) is 13.7. The van der Waals surface area contributed by atoms with Gasteiger partial charge in [-0.1, -0.05) is 67.2 Å². The zero-order chi connectivity index (χ0) is 31.4. The van der Waals surface area contributed by atoms with Crippen molar-refractivity contribution in [2.75, 3.05) is 12.3 Å². The third-order valence-corrected chi connectivity index (χ3v) is 9.07. The molecular weight excluding hydrogens is 599 g/mol. The molecular formula is C30H34F3N5O5S. The molecule has 0 radical (unpaired) electrons. The zero-order valence-corrected chi connectivity index (χ0v) is 25.1. The quantitative estimate of drug-likeness (QED) is 0.339. The number of amides is 2. The SMILES string of the molecule is CC1C(CSc2nncn2C)OC(c2ccc(CNC(=O)C3CCCN3C(=O)C(F)(F)F)cc2)OC1c1ccc(CO)cc1. The number of aromatic nitrogens is 3. The second-order valence-corrected chi connectivity index (χ2v) is 12.0. The van der Waals surface area contributed by atoms with Gasteiger partial charge in [0.25, 0.3) is 0 Å². The van der Waals surface area contributed by atoms with Gasteiger partial charge in [-0.05, 0) is 29.5 Å². The highest BCUT2D eigenvalue weighted by Gasteiger charge is 2.47. The van der Waals surface area contributed by atoms with Crippen molar-refractivity contribution < 1.29 is 37.3 Å². The van der Waals surface area contributed by atoms with Crippen molar-refractivity contribution in [1.82, 2.24) is 25.0 Å². The van der Waals surface area contributed by atoms with E-state index in [4.69, 9.17) is 9.47 Å². The molecule has 1 aromatic heterocycles. The Morgan fingerprint density at radius 1 is 1.07 bits per heavy atom. The summed E-state index contributed by atoms with van der Waals surface area (Å²) in [5.41, 5.74) is 3.24. The third kappa shape index (κ3) is 7.25. The van der Waals surface area contributed by atoms with Gasteiger partial charge in [0.2, 0.25) is 5.91 Å². The van der Waals surface area contributed by atoms with Gasteiger partial charge in [-0.25, -0.2) is 0 Å². The molecule has 10 nitrogen and oxygen atoms in total. The molecule has 2 aliphatic rings. The molecule has 2 N–H and O–H groups in total. The molecule has 3 heterocycles. The molecule has 2 aliphatic heterocycles. The number of carbonyl (C=O) groups excluding carboxylic acids is 2. The van der Waals surface area contributed by atoms with Crippen molar-refractivity contribution >= 4 is 23.6 Å². The van der Waals surface area contributed by atoms with Gasteiger partial charge in [0.05, 0.1) is 18.8 Å². The van der Waals surface area contributed by atoms with E-state index < -0.39 is 30.3 Å². The number of carbonyl (C=O) groups is 2. The molecule has 2 amide bonds. The normalized spacial score (nSPS) is 24.0. The highest BCUT2D eigenvalue weighted by molar-refractivity contribution is 7.99. The fraction of sp³-hybridized carbons (Fsp3) is 0.467. The van der Waals surface area contributed by atoms with Crippen LogP contribution in [0.1, 0.15) is 54.4 Å². The lowest BCUT2D eigenvalue weighted by Crippen LogP contribution is -2.50. The van der Waals surface area contributed by atoms with Gasteiger partial charge in [0.15, 0.2) is 11.4 Å². The van der Waals surface area contributed by atoms with E-state index >= 15 is 0 Å². The van der Waals surface area contributed by atoms with Crippen LogP contribution >= 0.6 is 11.8 Å². The van der Waals surface area contributed by atoms with Crippen molar-refractivity contribution in [2.45, 2.75) is 68.8 Å². The first-order chi connectivity index (χ1) is 21.0. The smallest absolute Gasteiger partial charge is 0.392 e. The molecule has 2 saturated heterocycles. The van der Waals surface area contributed by atoms with Crippen molar-refractivity contribution in [3.8, 4) is 0 Å². The molecule has 2 fully saturated rings. The van der Waals surface area contributed by atoms with Gasteiger partial charge in [-0.3, -0.25) is 9.59 Å². The molecule has 0 bridgehead atoms. The summed E-state index contributed by atoms with van der Waals surface area (Å²) in [5.74, 6) is -2.01. The lowest BCUT2D eigenvalue weighted by atomic mass is 9.91. The van der Waals surface area contributed by atoms with Crippen LogP contribution in [0.5, 0.6) is 0 Å². The third-order valence-electron chi connectivity index (χ3n) is 7.95. The van der Waals surface area contributed by atoms with Crippen LogP contribution in [0.2, 0.25) is 0 Å². The number of likely N-dealkylation sites (tertiary alicyclic amines) is 1. The second-order valence-electron chi connectivity index (χ2n) is 11.0. The van der Waals surface area contributed by atoms with Crippen LogP contribution in [0.25, 0.3) is 0 Å².